The summed E-state index contributed by atoms with van der Waals surface area (Å²) in [7, 11) is 0. The molecule has 0 aliphatic carbocycles. The average Bonchev–Trinajstić information content (AvgIpc) is 2.69. The van der Waals surface area contributed by atoms with Crippen LogP contribution in [-0.2, 0) is 0 Å². The molecule has 1 aliphatic heterocycles. The third-order valence-electron chi connectivity index (χ3n) is 4.44. The lowest BCUT2D eigenvalue weighted by Crippen LogP contribution is -2.47. The van der Waals surface area contributed by atoms with Crippen LogP contribution < -0.4 is 9.80 Å². The van der Waals surface area contributed by atoms with Crippen molar-refractivity contribution in [3.05, 3.63) is 58.1 Å². The number of nitrogens with zero attached hydrogens (tertiary/aromatic N) is 6. The first-order chi connectivity index (χ1) is 12.7. The molecule has 0 atom stereocenters. The van der Waals surface area contributed by atoms with Crippen molar-refractivity contribution in [1.29, 1.82) is 0 Å². The van der Waals surface area contributed by atoms with Crippen molar-refractivity contribution in [3.8, 4) is 0 Å². The first-order valence-corrected chi connectivity index (χ1v) is 8.86. The van der Waals surface area contributed by atoms with Gasteiger partial charge in [0.25, 0.3) is 0 Å². The van der Waals surface area contributed by atoms with Gasteiger partial charge in [-0.1, -0.05) is 29.3 Å². The zero-order valence-corrected chi connectivity index (χ0v) is 15.2. The zero-order valence-electron chi connectivity index (χ0n) is 13.7. The normalized spacial score (nSPS) is 14.5. The van der Waals surface area contributed by atoms with Crippen LogP contribution in [0.25, 0.3) is 15.6 Å². The number of hydrogen-bond donors (Lipinski definition) is 0. The van der Waals surface area contributed by atoms with Crippen LogP contribution in [0.5, 0.6) is 0 Å². The number of piperazine rings is 1. The molecule has 3 heterocycles. The summed E-state index contributed by atoms with van der Waals surface area (Å²) in [6.45, 7) is 10.2. The van der Waals surface area contributed by atoms with Crippen molar-refractivity contribution in [1.82, 2.24) is 15.2 Å². The van der Waals surface area contributed by atoms with Crippen molar-refractivity contribution in [2.24, 2.45) is 0 Å². The van der Waals surface area contributed by atoms with Gasteiger partial charge in [0.15, 0.2) is 11.0 Å². The Morgan fingerprint density at radius 2 is 1.69 bits per heavy atom. The molecule has 1 aliphatic rings. The van der Waals surface area contributed by atoms with E-state index in [1.165, 1.54) is 0 Å². The lowest BCUT2D eigenvalue weighted by Gasteiger charge is -2.36. The molecular weight excluding hydrogens is 371 g/mol. The summed E-state index contributed by atoms with van der Waals surface area (Å²) in [5, 5.41) is 11.1. The van der Waals surface area contributed by atoms with Gasteiger partial charge in [-0.15, -0.1) is 10.2 Å². The highest BCUT2D eigenvalue weighted by atomic mass is 35.5. The van der Waals surface area contributed by atoms with Crippen molar-refractivity contribution < 1.29 is 0 Å². The Bertz CT molecular complexity index is 991. The van der Waals surface area contributed by atoms with E-state index in [1.54, 1.807) is 12.3 Å². The SMILES string of the molecule is [C-]#[N+]c1ccc(N2CCN(c3nnc(Cl)c4cc(Cl)ccc34)CC2)nc1. The Hall–Kier alpha value is -2.62. The van der Waals surface area contributed by atoms with E-state index < -0.39 is 0 Å². The van der Waals surface area contributed by atoms with E-state index in [9.17, 15) is 0 Å². The summed E-state index contributed by atoms with van der Waals surface area (Å²) in [5.41, 5.74) is 0.550. The molecule has 26 heavy (non-hydrogen) atoms. The fourth-order valence-corrected chi connectivity index (χ4v) is 3.46. The molecule has 0 radical (unpaired) electrons. The van der Waals surface area contributed by atoms with Crippen LogP contribution >= 0.6 is 23.2 Å². The highest BCUT2D eigenvalue weighted by molar-refractivity contribution is 6.36. The molecule has 0 spiro atoms. The van der Waals surface area contributed by atoms with Gasteiger partial charge in [-0.25, -0.2) is 4.85 Å². The zero-order chi connectivity index (χ0) is 18.1. The van der Waals surface area contributed by atoms with Crippen LogP contribution in [0.1, 0.15) is 0 Å². The van der Waals surface area contributed by atoms with Gasteiger partial charge in [0, 0.05) is 48.2 Å². The third-order valence-corrected chi connectivity index (χ3v) is 4.96. The maximum Gasteiger partial charge on any atom is 0.205 e. The lowest BCUT2D eigenvalue weighted by atomic mass is 10.1. The van der Waals surface area contributed by atoms with Crippen molar-refractivity contribution in [2.45, 2.75) is 0 Å². The molecule has 1 saturated heterocycles. The number of hydrogen-bond acceptors (Lipinski definition) is 5. The first kappa shape index (κ1) is 16.8. The minimum atomic E-state index is 0.356. The lowest BCUT2D eigenvalue weighted by molar-refractivity contribution is 0.640. The Balaban J connectivity index is 1.56. The molecule has 0 saturated carbocycles. The van der Waals surface area contributed by atoms with Crippen molar-refractivity contribution in [2.75, 3.05) is 36.0 Å². The largest absolute Gasteiger partial charge is 0.353 e. The van der Waals surface area contributed by atoms with E-state index >= 15 is 0 Å². The number of anilines is 2. The molecule has 0 amide bonds. The summed E-state index contributed by atoms with van der Waals surface area (Å²) in [6, 6.07) is 9.28. The highest BCUT2D eigenvalue weighted by Crippen LogP contribution is 2.31. The Morgan fingerprint density at radius 1 is 0.923 bits per heavy atom. The molecule has 130 valence electrons. The highest BCUT2D eigenvalue weighted by Gasteiger charge is 2.21. The summed E-state index contributed by atoms with van der Waals surface area (Å²) in [4.78, 5) is 12.2. The molecule has 1 aromatic carbocycles. The smallest absolute Gasteiger partial charge is 0.205 e. The molecule has 0 unspecified atom stereocenters. The topological polar surface area (TPSA) is 49.5 Å². The fourth-order valence-electron chi connectivity index (χ4n) is 3.09. The minimum Gasteiger partial charge on any atom is -0.353 e. The number of pyridine rings is 1. The molecule has 3 aromatic rings. The maximum absolute atomic E-state index is 7.01. The van der Waals surface area contributed by atoms with Crippen LogP contribution in [0, 0.1) is 6.57 Å². The summed E-state index contributed by atoms with van der Waals surface area (Å²) >= 11 is 12.3. The summed E-state index contributed by atoms with van der Waals surface area (Å²) in [6.07, 6.45) is 1.61. The average molecular weight is 385 g/mol. The predicted molar refractivity (Wildman–Crippen MR) is 104 cm³/mol. The molecule has 4 rings (SSSR count). The Labute approximate surface area is 160 Å². The van der Waals surface area contributed by atoms with E-state index in [0.717, 1.165) is 48.6 Å². The van der Waals surface area contributed by atoms with Gasteiger partial charge in [-0.2, -0.15) is 0 Å². The third kappa shape index (κ3) is 3.12. The minimum absolute atomic E-state index is 0.356. The number of fused-ring (bicyclic) bond motifs is 1. The van der Waals surface area contributed by atoms with Gasteiger partial charge in [0.05, 0.1) is 6.57 Å². The van der Waals surface area contributed by atoms with E-state index in [-0.39, 0.29) is 0 Å². The summed E-state index contributed by atoms with van der Waals surface area (Å²) in [5.74, 6) is 1.70. The van der Waals surface area contributed by atoms with Crippen LogP contribution in [0.4, 0.5) is 17.3 Å². The van der Waals surface area contributed by atoms with E-state index in [4.69, 9.17) is 29.8 Å². The van der Waals surface area contributed by atoms with Gasteiger partial charge in [-0.05, 0) is 24.3 Å². The monoisotopic (exact) mass is 384 g/mol. The van der Waals surface area contributed by atoms with Gasteiger partial charge in [-0.3, -0.25) is 4.98 Å². The van der Waals surface area contributed by atoms with E-state index in [0.29, 0.717) is 15.9 Å². The second-order valence-electron chi connectivity index (χ2n) is 5.96. The van der Waals surface area contributed by atoms with Crippen LogP contribution in [0.3, 0.4) is 0 Å². The molecule has 6 nitrogen and oxygen atoms in total. The molecule has 1 fully saturated rings. The van der Waals surface area contributed by atoms with Crippen LogP contribution in [-0.4, -0.2) is 41.4 Å². The predicted octanol–water partition coefficient (Wildman–Crippen LogP) is 4.21. The van der Waals surface area contributed by atoms with E-state index in [1.807, 2.05) is 24.3 Å². The molecule has 0 bridgehead atoms. The fraction of sp³-hybridized carbons (Fsp3) is 0.222. The molecule has 0 N–H and O–H groups in total. The number of benzene rings is 1. The molecule has 2 aromatic heterocycles. The quantitative estimate of drug-likeness (QED) is 0.619. The second kappa shape index (κ2) is 6.94. The molecule has 8 heteroatoms. The van der Waals surface area contributed by atoms with Gasteiger partial charge in [0.2, 0.25) is 5.69 Å². The molecular formula is C18H14Cl2N6. The standard InChI is InChI=1S/C18H14Cl2N6/c1-21-13-3-5-16(22-11-13)25-6-8-26(9-7-25)18-14-4-2-12(19)10-15(14)17(20)23-24-18/h2-5,10-11H,6-9H2. The van der Waals surface area contributed by atoms with Crippen LogP contribution in [0.2, 0.25) is 10.2 Å². The second-order valence-corrected chi connectivity index (χ2v) is 6.76. The maximum atomic E-state index is 7.01. The van der Waals surface area contributed by atoms with Crippen molar-refractivity contribution >= 4 is 51.3 Å². The van der Waals surface area contributed by atoms with Gasteiger partial charge in [0.1, 0.15) is 5.82 Å². The Morgan fingerprint density at radius 3 is 2.38 bits per heavy atom. The van der Waals surface area contributed by atoms with E-state index in [2.05, 4.69) is 29.8 Å². The van der Waals surface area contributed by atoms with Crippen molar-refractivity contribution in [3.63, 3.8) is 0 Å². The first-order valence-electron chi connectivity index (χ1n) is 8.10. The number of aromatic nitrogens is 3. The van der Waals surface area contributed by atoms with Gasteiger partial charge < -0.3 is 9.80 Å². The summed E-state index contributed by atoms with van der Waals surface area (Å²) < 4.78 is 0. The Kier molecular flexibility index (Phi) is 4.49. The number of rotatable bonds is 2. The number of halogens is 2. The van der Waals surface area contributed by atoms with Crippen LogP contribution in [0.15, 0.2) is 36.5 Å². The van der Waals surface area contributed by atoms with Gasteiger partial charge >= 0.3 is 0 Å².